The van der Waals surface area contributed by atoms with Crippen LogP contribution in [-0.4, -0.2) is 16.0 Å². The van der Waals surface area contributed by atoms with Crippen molar-refractivity contribution in [1.82, 2.24) is 0 Å². The van der Waals surface area contributed by atoms with E-state index in [0.717, 1.165) is 23.8 Å². The number of fused-ring (bicyclic) bond motifs is 2. The van der Waals surface area contributed by atoms with Crippen LogP contribution in [0.3, 0.4) is 0 Å². The maximum atomic E-state index is 12.9. The first kappa shape index (κ1) is 22.4. The van der Waals surface area contributed by atoms with E-state index in [4.69, 9.17) is 16.3 Å². The number of alkyl halides is 3. The van der Waals surface area contributed by atoms with Gasteiger partial charge in [0, 0.05) is 6.07 Å². The molecular weight excluding hydrogens is 465 g/mol. The predicted octanol–water partition coefficient (Wildman–Crippen LogP) is 6.60. The molecule has 0 aromatic heterocycles. The Bertz CT molecular complexity index is 1290. The first-order valence-corrected chi connectivity index (χ1v) is 9.90. The molecule has 0 fully saturated rings. The number of nitro groups is 1. The molecule has 7 nitrogen and oxygen atoms in total. The number of hydrogen-bond acceptors (Lipinski definition) is 5. The Morgan fingerprint density at radius 2 is 1.73 bits per heavy atom. The van der Waals surface area contributed by atoms with E-state index in [0.29, 0.717) is 29.8 Å². The van der Waals surface area contributed by atoms with Gasteiger partial charge in [-0.25, -0.2) is 4.79 Å². The third kappa shape index (κ3) is 4.56. The molecule has 0 bridgehead atoms. The molecule has 0 radical (unpaired) electrons. The Labute approximate surface area is 189 Å². The highest BCUT2D eigenvalue weighted by molar-refractivity contribution is 6.31. The van der Waals surface area contributed by atoms with Crippen molar-refractivity contribution in [3.8, 4) is 11.5 Å². The SMILES string of the molecule is O=C(O)c1cc([N+](=O)[O-])cc2c1Nc1cc(CCc3ccc(C(F)(F)F)c(Cl)c3)ccc1O2. The van der Waals surface area contributed by atoms with Crippen molar-refractivity contribution in [3.05, 3.63) is 85.9 Å². The summed E-state index contributed by atoms with van der Waals surface area (Å²) in [5.41, 5.74) is 0.368. The number of non-ortho nitro benzene ring substituents is 1. The molecule has 3 aromatic carbocycles. The summed E-state index contributed by atoms with van der Waals surface area (Å²) in [5, 5.41) is 23.1. The van der Waals surface area contributed by atoms with Gasteiger partial charge in [-0.3, -0.25) is 10.1 Å². The van der Waals surface area contributed by atoms with E-state index >= 15 is 0 Å². The van der Waals surface area contributed by atoms with E-state index in [-0.39, 0.29) is 22.0 Å². The smallest absolute Gasteiger partial charge is 0.417 e. The summed E-state index contributed by atoms with van der Waals surface area (Å²) in [6.07, 6.45) is -3.64. The predicted molar refractivity (Wildman–Crippen MR) is 114 cm³/mol. The maximum Gasteiger partial charge on any atom is 0.417 e. The van der Waals surface area contributed by atoms with E-state index in [1.54, 1.807) is 18.2 Å². The molecule has 0 aliphatic carbocycles. The summed E-state index contributed by atoms with van der Waals surface area (Å²) in [6.45, 7) is 0. The number of hydrogen-bond donors (Lipinski definition) is 2. The minimum absolute atomic E-state index is 0.0150. The van der Waals surface area contributed by atoms with E-state index < -0.39 is 28.3 Å². The monoisotopic (exact) mass is 478 g/mol. The second-order valence-corrected chi connectivity index (χ2v) is 7.71. The fourth-order valence-electron chi connectivity index (χ4n) is 3.49. The van der Waals surface area contributed by atoms with Gasteiger partial charge in [-0.2, -0.15) is 13.2 Å². The molecule has 0 spiro atoms. The largest absolute Gasteiger partial charge is 0.478 e. The summed E-state index contributed by atoms with van der Waals surface area (Å²) < 4.78 is 44.3. The number of nitro benzene ring substituents is 1. The second-order valence-electron chi connectivity index (χ2n) is 7.30. The van der Waals surface area contributed by atoms with Gasteiger partial charge < -0.3 is 15.2 Å². The zero-order valence-electron chi connectivity index (χ0n) is 16.6. The number of carbonyl (C=O) groups is 1. The second kappa shape index (κ2) is 8.28. The van der Waals surface area contributed by atoms with Crippen LogP contribution in [0.4, 0.5) is 30.2 Å². The normalized spacial score (nSPS) is 12.2. The number of rotatable bonds is 5. The summed E-state index contributed by atoms with van der Waals surface area (Å²) >= 11 is 5.77. The third-order valence-corrected chi connectivity index (χ3v) is 5.41. The molecule has 1 aliphatic heterocycles. The molecule has 0 atom stereocenters. The van der Waals surface area contributed by atoms with Crippen LogP contribution < -0.4 is 10.1 Å². The topological polar surface area (TPSA) is 102 Å². The van der Waals surface area contributed by atoms with Crippen LogP contribution in [0.2, 0.25) is 5.02 Å². The molecule has 0 saturated heterocycles. The molecule has 11 heteroatoms. The van der Waals surface area contributed by atoms with E-state index in [1.165, 1.54) is 12.1 Å². The van der Waals surface area contributed by atoms with Gasteiger partial charge in [-0.05, 0) is 48.2 Å². The molecule has 0 amide bonds. The quantitative estimate of drug-likeness (QED) is 0.247. The van der Waals surface area contributed by atoms with Crippen molar-refractivity contribution in [2.45, 2.75) is 19.0 Å². The van der Waals surface area contributed by atoms with Crippen molar-refractivity contribution >= 4 is 34.6 Å². The van der Waals surface area contributed by atoms with Crippen molar-refractivity contribution in [2.75, 3.05) is 5.32 Å². The number of ether oxygens (including phenoxy) is 1. The third-order valence-electron chi connectivity index (χ3n) is 5.09. The Morgan fingerprint density at radius 1 is 1.06 bits per heavy atom. The molecule has 0 unspecified atom stereocenters. The maximum absolute atomic E-state index is 12.9. The average Bonchev–Trinajstić information content (AvgIpc) is 2.74. The highest BCUT2D eigenvalue weighted by Crippen LogP contribution is 2.46. The van der Waals surface area contributed by atoms with Gasteiger partial charge in [-0.1, -0.05) is 23.7 Å². The molecule has 1 heterocycles. The highest BCUT2D eigenvalue weighted by atomic mass is 35.5. The number of carboxylic acids is 1. The molecule has 0 saturated carbocycles. The van der Waals surface area contributed by atoms with Gasteiger partial charge in [0.25, 0.3) is 5.69 Å². The lowest BCUT2D eigenvalue weighted by Gasteiger charge is -2.23. The Hall–Kier alpha value is -3.79. The first-order chi connectivity index (χ1) is 15.5. The standard InChI is InChI=1S/C22H14ClF3N2O5/c23-16-7-11(3-5-15(16)22(24,25)26)1-2-12-4-6-18-17(8-12)27-20-14(21(29)30)9-13(28(31)32)10-19(20)33-18/h3-10,27H,1-2H2,(H,29,30). The number of halogens is 4. The fraction of sp³-hybridized carbons (Fsp3) is 0.136. The van der Waals surface area contributed by atoms with Crippen LogP contribution in [-0.2, 0) is 19.0 Å². The van der Waals surface area contributed by atoms with E-state index in [9.17, 15) is 33.2 Å². The molecule has 1 aliphatic rings. The number of aromatic carboxylic acids is 1. The number of aryl methyl sites for hydroxylation is 2. The van der Waals surface area contributed by atoms with Crippen LogP contribution in [0.25, 0.3) is 0 Å². The van der Waals surface area contributed by atoms with E-state index in [2.05, 4.69) is 5.32 Å². The molecule has 33 heavy (non-hydrogen) atoms. The number of nitrogens with one attached hydrogen (secondary N) is 1. The lowest BCUT2D eigenvalue weighted by atomic mass is 10.0. The average molecular weight is 479 g/mol. The van der Waals surface area contributed by atoms with Crippen molar-refractivity contribution < 1.29 is 32.7 Å². The van der Waals surface area contributed by atoms with Gasteiger partial charge in [-0.15, -0.1) is 0 Å². The number of benzene rings is 3. The summed E-state index contributed by atoms with van der Waals surface area (Å²) in [6, 6.07) is 10.8. The Balaban J connectivity index is 1.56. The van der Waals surface area contributed by atoms with Crippen LogP contribution in [0, 0.1) is 10.1 Å². The van der Waals surface area contributed by atoms with Crippen molar-refractivity contribution in [1.29, 1.82) is 0 Å². The van der Waals surface area contributed by atoms with Gasteiger partial charge in [0.2, 0.25) is 0 Å². The summed E-state index contributed by atoms with van der Waals surface area (Å²) in [4.78, 5) is 22.0. The van der Waals surface area contributed by atoms with Gasteiger partial charge in [0.1, 0.15) is 0 Å². The Morgan fingerprint density at radius 3 is 2.33 bits per heavy atom. The van der Waals surface area contributed by atoms with Crippen molar-refractivity contribution in [2.24, 2.45) is 0 Å². The van der Waals surface area contributed by atoms with Crippen LogP contribution in [0.15, 0.2) is 48.5 Å². The molecule has 4 rings (SSSR count). The fourth-order valence-corrected chi connectivity index (χ4v) is 3.80. The van der Waals surface area contributed by atoms with Gasteiger partial charge in [0.15, 0.2) is 11.5 Å². The highest BCUT2D eigenvalue weighted by Gasteiger charge is 2.33. The van der Waals surface area contributed by atoms with Crippen LogP contribution >= 0.6 is 11.6 Å². The molecule has 2 N–H and O–H groups in total. The van der Waals surface area contributed by atoms with Gasteiger partial charge in [0.05, 0.1) is 38.5 Å². The molecule has 3 aromatic rings. The number of nitrogens with zero attached hydrogens (tertiary/aromatic N) is 1. The molecular formula is C22H14ClF3N2O5. The van der Waals surface area contributed by atoms with Crippen molar-refractivity contribution in [3.63, 3.8) is 0 Å². The number of carboxylic acid groups (broad SMARTS) is 1. The zero-order valence-corrected chi connectivity index (χ0v) is 17.3. The lowest BCUT2D eigenvalue weighted by molar-refractivity contribution is -0.384. The minimum Gasteiger partial charge on any atom is -0.478 e. The van der Waals surface area contributed by atoms with Crippen LogP contribution in [0.5, 0.6) is 11.5 Å². The zero-order chi connectivity index (χ0) is 23.9. The number of anilines is 2. The first-order valence-electron chi connectivity index (χ1n) is 9.52. The minimum atomic E-state index is -4.52. The van der Waals surface area contributed by atoms with Gasteiger partial charge >= 0.3 is 12.1 Å². The summed E-state index contributed by atoms with van der Waals surface area (Å²) in [7, 11) is 0. The Kier molecular flexibility index (Phi) is 5.62. The summed E-state index contributed by atoms with van der Waals surface area (Å²) in [5.74, 6) is -0.994. The van der Waals surface area contributed by atoms with E-state index in [1.807, 2.05) is 0 Å². The van der Waals surface area contributed by atoms with Crippen LogP contribution in [0.1, 0.15) is 27.0 Å². The lowest BCUT2D eigenvalue weighted by Crippen LogP contribution is -2.10. The molecule has 170 valence electrons.